The maximum Gasteiger partial charge on any atom is 0.346 e. The van der Waals surface area contributed by atoms with Crippen molar-refractivity contribution in [2.45, 2.75) is 9.92 Å². The van der Waals surface area contributed by atoms with Crippen LogP contribution in [0.3, 0.4) is 0 Å². The van der Waals surface area contributed by atoms with Crippen LogP contribution < -0.4 is 11.2 Å². The number of phenolic OH excluding ortho intramolecular Hbond substituents is 1. The van der Waals surface area contributed by atoms with Crippen molar-refractivity contribution >= 4 is 11.8 Å². The lowest BCUT2D eigenvalue weighted by Gasteiger charge is -2.05. The van der Waals surface area contributed by atoms with Crippen molar-refractivity contribution in [3.8, 4) is 5.75 Å². The van der Waals surface area contributed by atoms with Crippen LogP contribution >= 0.6 is 11.8 Å². The Kier molecular flexibility index (Phi) is 3.24. The fourth-order valence-electron chi connectivity index (χ4n) is 1.36. The van der Waals surface area contributed by atoms with E-state index in [1.165, 1.54) is 26.2 Å². The molecule has 2 rings (SSSR count). The van der Waals surface area contributed by atoms with Gasteiger partial charge in [0.05, 0.1) is 0 Å². The predicted octanol–water partition coefficient (Wildman–Crippen LogP) is 0.336. The highest BCUT2D eigenvalue weighted by molar-refractivity contribution is 7.99. The molecule has 1 heterocycles. The topological polar surface area (TPSA) is 77.1 Å². The van der Waals surface area contributed by atoms with Gasteiger partial charge in [0.15, 0.2) is 5.03 Å². The zero-order valence-corrected chi connectivity index (χ0v) is 10.6. The lowest BCUT2D eigenvalue weighted by molar-refractivity contribution is 0.475. The molecule has 2 aromatic rings. The average molecular weight is 265 g/mol. The van der Waals surface area contributed by atoms with Gasteiger partial charge in [-0.05, 0) is 24.3 Å². The van der Waals surface area contributed by atoms with Gasteiger partial charge >= 0.3 is 5.69 Å². The van der Waals surface area contributed by atoms with Gasteiger partial charge in [0.25, 0.3) is 5.56 Å². The molecule has 0 bridgehead atoms. The zero-order valence-electron chi connectivity index (χ0n) is 9.82. The minimum atomic E-state index is -0.463. The predicted molar refractivity (Wildman–Crippen MR) is 66.9 cm³/mol. The van der Waals surface area contributed by atoms with Crippen LogP contribution in [0.25, 0.3) is 0 Å². The summed E-state index contributed by atoms with van der Waals surface area (Å²) in [6.07, 6.45) is 0. The second-order valence-electron chi connectivity index (χ2n) is 3.67. The molecule has 1 aromatic carbocycles. The number of hydrogen-bond donors (Lipinski definition) is 1. The molecule has 0 fully saturated rings. The highest BCUT2D eigenvalue weighted by Gasteiger charge is 2.10. The first-order valence-corrected chi connectivity index (χ1v) is 5.92. The third-order valence-corrected chi connectivity index (χ3v) is 3.30. The fourth-order valence-corrected chi connectivity index (χ4v) is 2.24. The Morgan fingerprint density at radius 1 is 1.17 bits per heavy atom. The monoisotopic (exact) mass is 265 g/mol. The molecule has 7 heteroatoms. The molecule has 18 heavy (non-hydrogen) atoms. The Morgan fingerprint density at radius 2 is 1.78 bits per heavy atom. The van der Waals surface area contributed by atoms with Crippen molar-refractivity contribution in [3.63, 3.8) is 0 Å². The number of benzene rings is 1. The smallest absolute Gasteiger partial charge is 0.346 e. The van der Waals surface area contributed by atoms with Crippen molar-refractivity contribution in [3.05, 3.63) is 45.1 Å². The molecular formula is C11H11N3O3S. The summed E-state index contributed by atoms with van der Waals surface area (Å²) in [5.41, 5.74) is -0.897. The highest BCUT2D eigenvalue weighted by atomic mass is 32.2. The Labute approximate surface area is 107 Å². The highest BCUT2D eigenvalue weighted by Crippen LogP contribution is 2.24. The van der Waals surface area contributed by atoms with Crippen molar-refractivity contribution in [2.75, 3.05) is 0 Å². The summed E-state index contributed by atoms with van der Waals surface area (Å²) in [5.74, 6) is 0.153. The molecule has 0 amide bonds. The Balaban J connectivity index is 2.44. The summed E-state index contributed by atoms with van der Waals surface area (Å²) < 4.78 is 2.12. The van der Waals surface area contributed by atoms with Gasteiger partial charge in [-0.1, -0.05) is 11.8 Å². The van der Waals surface area contributed by atoms with E-state index in [0.717, 1.165) is 25.9 Å². The van der Waals surface area contributed by atoms with Crippen LogP contribution in [0.15, 0.2) is 43.8 Å². The van der Waals surface area contributed by atoms with E-state index in [1.807, 2.05) is 0 Å². The van der Waals surface area contributed by atoms with Crippen molar-refractivity contribution < 1.29 is 5.11 Å². The van der Waals surface area contributed by atoms with E-state index in [2.05, 4.69) is 5.10 Å². The normalized spacial score (nSPS) is 10.6. The maximum atomic E-state index is 11.8. The summed E-state index contributed by atoms with van der Waals surface area (Å²) in [5, 5.41) is 13.3. The van der Waals surface area contributed by atoms with Crippen LogP contribution in [0.2, 0.25) is 0 Å². The number of nitrogens with zero attached hydrogens (tertiary/aromatic N) is 3. The van der Waals surface area contributed by atoms with E-state index in [4.69, 9.17) is 5.11 Å². The van der Waals surface area contributed by atoms with E-state index in [1.54, 1.807) is 12.1 Å². The molecular weight excluding hydrogens is 254 g/mol. The van der Waals surface area contributed by atoms with Gasteiger partial charge in [-0.25, -0.2) is 9.48 Å². The molecule has 1 N–H and O–H groups in total. The summed E-state index contributed by atoms with van der Waals surface area (Å²) in [7, 11) is 2.90. The summed E-state index contributed by atoms with van der Waals surface area (Å²) in [6.45, 7) is 0. The molecule has 0 radical (unpaired) electrons. The van der Waals surface area contributed by atoms with E-state index in [0.29, 0.717) is 0 Å². The molecule has 0 saturated heterocycles. The largest absolute Gasteiger partial charge is 0.508 e. The van der Waals surface area contributed by atoms with Gasteiger partial charge < -0.3 is 5.11 Å². The fraction of sp³-hybridized carbons (Fsp3) is 0.182. The van der Waals surface area contributed by atoms with E-state index in [9.17, 15) is 9.59 Å². The van der Waals surface area contributed by atoms with Crippen LogP contribution in [0.5, 0.6) is 5.75 Å². The summed E-state index contributed by atoms with van der Waals surface area (Å²) >= 11 is 1.14. The number of aromatic nitrogens is 3. The third-order valence-electron chi connectivity index (χ3n) is 2.34. The lowest BCUT2D eigenvalue weighted by Crippen LogP contribution is -2.39. The molecule has 1 aromatic heterocycles. The summed E-state index contributed by atoms with van der Waals surface area (Å²) in [6, 6.07) is 6.39. The van der Waals surface area contributed by atoms with Gasteiger partial charge in [0.2, 0.25) is 0 Å². The van der Waals surface area contributed by atoms with Crippen molar-refractivity contribution in [2.24, 2.45) is 14.1 Å². The second kappa shape index (κ2) is 4.69. The standard InChI is InChI=1S/C11H11N3O3S/c1-13-10(16)9(12-14(2)11(13)17)18-8-5-3-7(15)4-6-8/h3-6,15H,1-2H3. The van der Waals surface area contributed by atoms with Gasteiger partial charge in [-0.2, -0.15) is 5.10 Å². The van der Waals surface area contributed by atoms with Gasteiger partial charge in [0.1, 0.15) is 5.75 Å². The van der Waals surface area contributed by atoms with E-state index < -0.39 is 11.2 Å². The molecule has 0 atom stereocenters. The SMILES string of the molecule is Cn1nc(Sc2ccc(O)cc2)c(=O)n(C)c1=O. The number of aromatic hydroxyl groups is 1. The van der Waals surface area contributed by atoms with Gasteiger partial charge in [0, 0.05) is 19.0 Å². The Hall–Kier alpha value is -2.02. The third kappa shape index (κ3) is 2.30. The van der Waals surface area contributed by atoms with Gasteiger partial charge in [-0.3, -0.25) is 9.36 Å². The zero-order chi connectivity index (χ0) is 13.3. The Morgan fingerprint density at radius 3 is 2.39 bits per heavy atom. The molecule has 94 valence electrons. The second-order valence-corrected chi connectivity index (χ2v) is 4.73. The molecule has 0 aliphatic rings. The summed E-state index contributed by atoms with van der Waals surface area (Å²) in [4.78, 5) is 24.1. The molecule has 0 spiro atoms. The molecule has 0 unspecified atom stereocenters. The van der Waals surface area contributed by atoms with Crippen molar-refractivity contribution in [1.29, 1.82) is 0 Å². The van der Waals surface area contributed by atoms with Crippen LogP contribution in [0.1, 0.15) is 0 Å². The van der Waals surface area contributed by atoms with E-state index in [-0.39, 0.29) is 10.8 Å². The minimum absolute atomic E-state index is 0.153. The number of aryl methyl sites for hydroxylation is 1. The lowest BCUT2D eigenvalue weighted by atomic mass is 10.3. The van der Waals surface area contributed by atoms with E-state index >= 15 is 0 Å². The first-order chi connectivity index (χ1) is 8.49. The van der Waals surface area contributed by atoms with Crippen LogP contribution in [-0.2, 0) is 14.1 Å². The molecule has 0 saturated carbocycles. The molecule has 0 aliphatic carbocycles. The van der Waals surface area contributed by atoms with Crippen LogP contribution in [-0.4, -0.2) is 19.5 Å². The van der Waals surface area contributed by atoms with Crippen LogP contribution in [0.4, 0.5) is 0 Å². The number of phenols is 1. The Bertz CT molecular complexity index is 688. The quantitative estimate of drug-likeness (QED) is 0.847. The van der Waals surface area contributed by atoms with Crippen molar-refractivity contribution in [1.82, 2.24) is 14.3 Å². The number of hydrogen-bond acceptors (Lipinski definition) is 5. The number of rotatable bonds is 2. The molecule has 6 nitrogen and oxygen atoms in total. The first kappa shape index (κ1) is 12.4. The van der Waals surface area contributed by atoms with Gasteiger partial charge in [-0.15, -0.1) is 0 Å². The first-order valence-electron chi connectivity index (χ1n) is 5.10. The maximum absolute atomic E-state index is 11.8. The van der Waals surface area contributed by atoms with Crippen LogP contribution in [0, 0.1) is 0 Å². The average Bonchev–Trinajstić information content (AvgIpc) is 2.36. The minimum Gasteiger partial charge on any atom is -0.508 e. The molecule has 0 aliphatic heterocycles.